The molecule has 0 unspecified atom stereocenters. The summed E-state index contributed by atoms with van der Waals surface area (Å²) in [5.74, 6) is 0. The molecule has 0 aromatic carbocycles. The summed E-state index contributed by atoms with van der Waals surface area (Å²) < 4.78 is 5.23. The van der Waals surface area contributed by atoms with E-state index in [-0.39, 0.29) is 6.03 Å². The van der Waals surface area contributed by atoms with E-state index in [2.05, 4.69) is 17.6 Å². The molecule has 0 aliphatic heterocycles. The second-order valence-electron chi connectivity index (χ2n) is 2.47. The normalized spacial score (nSPS) is 9.50. The van der Waals surface area contributed by atoms with Crippen LogP contribution in [-0.4, -0.2) is 32.8 Å². The van der Waals surface area contributed by atoms with Gasteiger partial charge in [0.15, 0.2) is 0 Å². The van der Waals surface area contributed by atoms with Crippen molar-refractivity contribution in [3.63, 3.8) is 0 Å². The zero-order valence-electron chi connectivity index (χ0n) is 7.85. The van der Waals surface area contributed by atoms with Gasteiger partial charge in [0.2, 0.25) is 0 Å². The number of hydrogen-bond acceptors (Lipinski definition) is 2. The third kappa shape index (κ3) is 7.34. The van der Waals surface area contributed by atoms with E-state index < -0.39 is 0 Å². The monoisotopic (exact) mass is 174 g/mol. The van der Waals surface area contributed by atoms with Crippen molar-refractivity contribution in [1.82, 2.24) is 10.6 Å². The maximum atomic E-state index is 10.6. The average Bonchev–Trinajstić information content (AvgIpc) is 2.10. The molecular formula is C8H18N2O2. The van der Waals surface area contributed by atoms with E-state index >= 15 is 0 Å². The molecule has 2 N–H and O–H groups in total. The largest absolute Gasteiger partial charge is 0.380 e. The summed E-state index contributed by atoms with van der Waals surface area (Å²) in [5.41, 5.74) is 0. The van der Waals surface area contributed by atoms with Crippen molar-refractivity contribution in [3.8, 4) is 0 Å². The Hall–Kier alpha value is -0.770. The second-order valence-corrected chi connectivity index (χ2v) is 2.47. The summed E-state index contributed by atoms with van der Waals surface area (Å²) in [6.07, 6.45) is 2.23. The van der Waals surface area contributed by atoms with E-state index in [4.69, 9.17) is 4.74 Å². The second kappa shape index (κ2) is 8.33. The minimum absolute atomic E-state index is 0.158. The van der Waals surface area contributed by atoms with Gasteiger partial charge in [-0.3, -0.25) is 0 Å². The zero-order chi connectivity index (χ0) is 9.23. The molecule has 0 aliphatic carbocycles. The van der Waals surface area contributed by atoms with Gasteiger partial charge in [0.25, 0.3) is 0 Å². The minimum Gasteiger partial charge on any atom is -0.380 e. The number of nitrogens with one attached hydrogen (secondary N) is 2. The highest BCUT2D eigenvalue weighted by molar-refractivity contribution is 5.73. The van der Waals surface area contributed by atoms with Gasteiger partial charge in [0.1, 0.15) is 0 Å². The number of ether oxygens (including phenoxy) is 1. The quantitative estimate of drug-likeness (QED) is 0.583. The number of urea groups is 1. The van der Waals surface area contributed by atoms with Crippen LogP contribution in [0.4, 0.5) is 4.79 Å². The van der Waals surface area contributed by atoms with Crippen LogP contribution in [0.2, 0.25) is 0 Å². The molecule has 0 aromatic rings. The molecule has 0 spiro atoms. The van der Waals surface area contributed by atoms with Gasteiger partial charge < -0.3 is 15.4 Å². The summed E-state index contributed by atoms with van der Waals surface area (Å²) in [5, 5.41) is 5.10. The first kappa shape index (κ1) is 11.2. The fraction of sp³-hybridized carbons (Fsp3) is 0.875. The fourth-order valence-electron chi connectivity index (χ4n) is 0.674. The molecule has 0 saturated heterocycles. The number of unbranched alkanes of at least 4 members (excludes halogenated alkanes) is 1. The first-order chi connectivity index (χ1) is 5.81. The molecule has 0 radical (unpaired) electrons. The lowest BCUT2D eigenvalue weighted by atomic mass is 10.4. The van der Waals surface area contributed by atoms with E-state index in [0.717, 1.165) is 19.4 Å². The average molecular weight is 174 g/mol. The fourth-order valence-corrected chi connectivity index (χ4v) is 0.674. The molecule has 0 atom stereocenters. The summed E-state index contributed by atoms with van der Waals surface area (Å²) >= 11 is 0. The molecule has 72 valence electrons. The SMILES string of the molecule is CCCCOCCNC(=O)NC. The van der Waals surface area contributed by atoms with Crippen molar-refractivity contribution in [3.05, 3.63) is 0 Å². The molecule has 2 amide bonds. The van der Waals surface area contributed by atoms with Crippen LogP contribution in [0.3, 0.4) is 0 Å². The number of rotatable bonds is 6. The molecular weight excluding hydrogens is 156 g/mol. The Morgan fingerprint density at radius 3 is 2.75 bits per heavy atom. The first-order valence-corrected chi connectivity index (χ1v) is 4.34. The number of hydrogen-bond donors (Lipinski definition) is 2. The maximum absolute atomic E-state index is 10.6. The molecule has 0 fully saturated rings. The van der Waals surface area contributed by atoms with Crippen LogP contribution in [0, 0.1) is 0 Å². The molecule has 4 nitrogen and oxygen atoms in total. The van der Waals surface area contributed by atoms with Crippen molar-refractivity contribution in [2.45, 2.75) is 19.8 Å². The lowest BCUT2D eigenvalue weighted by Crippen LogP contribution is -2.34. The zero-order valence-corrected chi connectivity index (χ0v) is 7.85. The van der Waals surface area contributed by atoms with Crippen molar-refractivity contribution in [2.75, 3.05) is 26.8 Å². The van der Waals surface area contributed by atoms with E-state index in [9.17, 15) is 4.79 Å². The smallest absolute Gasteiger partial charge is 0.314 e. The van der Waals surface area contributed by atoms with E-state index in [1.54, 1.807) is 7.05 Å². The van der Waals surface area contributed by atoms with Crippen LogP contribution in [0.15, 0.2) is 0 Å². The maximum Gasteiger partial charge on any atom is 0.314 e. The predicted molar refractivity (Wildman–Crippen MR) is 48.2 cm³/mol. The van der Waals surface area contributed by atoms with Gasteiger partial charge in [-0.15, -0.1) is 0 Å². The van der Waals surface area contributed by atoms with E-state index in [1.165, 1.54) is 0 Å². The summed E-state index contributed by atoms with van der Waals surface area (Å²) in [6, 6.07) is -0.158. The Bertz CT molecular complexity index is 118. The number of amides is 2. The van der Waals surface area contributed by atoms with Crippen LogP contribution in [0.5, 0.6) is 0 Å². The molecule has 0 aliphatic rings. The molecule has 0 rings (SSSR count). The predicted octanol–water partition coefficient (Wildman–Crippen LogP) is 0.732. The minimum atomic E-state index is -0.158. The lowest BCUT2D eigenvalue weighted by molar-refractivity contribution is 0.133. The van der Waals surface area contributed by atoms with Crippen LogP contribution in [-0.2, 0) is 4.74 Å². The van der Waals surface area contributed by atoms with Gasteiger partial charge in [0, 0.05) is 20.2 Å². The summed E-state index contributed by atoms with van der Waals surface area (Å²) in [6.45, 7) is 4.06. The summed E-state index contributed by atoms with van der Waals surface area (Å²) in [7, 11) is 1.59. The van der Waals surface area contributed by atoms with Crippen LogP contribution in [0.25, 0.3) is 0 Å². The van der Waals surface area contributed by atoms with E-state index in [0.29, 0.717) is 13.2 Å². The Kier molecular flexibility index (Phi) is 7.79. The van der Waals surface area contributed by atoms with Crippen molar-refractivity contribution >= 4 is 6.03 Å². The lowest BCUT2D eigenvalue weighted by Gasteiger charge is -2.04. The van der Waals surface area contributed by atoms with Crippen LogP contribution >= 0.6 is 0 Å². The molecule has 0 heterocycles. The Morgan fingerprint density at radius 1 is 1.42 bits per heavy atom. The highest BCUT2D eigenvalue weighted by Crippen LogP contribution is 1.86. The van der Waals surface area contributed by atoms with Crippen molar-refractivity contribution < 1.29 is 9.53 Å². The number of carbonyl (C=O) groups excluding carboxylic acids is 1. The highest BCUT2D eigenvalue weighted by Gasteiger charge is 1.93. The molecule has 0 saturated carbocycles. The van der Waals surface area contributed by atoms with Crippen LogP contribution < -0.4 is 10.6 Å². The Labute approximate surface area is 73.7 Å². The first-order valence-electron chi connectivity index (χ1n) is 4.34. The molecule has 0 aromatic heterocycles. The summed E-state index contributed by atoms with van der Waals surface area (Å²) in [4.78, 5) is 10.6. The van der Waals surface area contributed by atoms with Crippen molar-refractivity contribution in [2.24, 2.45) is 0 Å². The third-order valence-electron chi connectivity index (χ3n) is 1.40. The van der Waals surface area contributed by atoms with Gasteiger partial charge in [-0.05, 0) is 6.42 Å². The van der Waals surface area contributed by atoms with Gasteiger partial charge >= 0.3 is 6.03 Å². The third-order valence-corrected chi connectivity index (χ3v) is 1.40. The van der Waals surface area contributed by atoms with Crippen molar-refractivity contribution in [1.29, 1.82) is 0 Å². The molecule has 12 heavy (non-hydrogen) atoms. The Morgan fingerprint density at radius 2 is 2.17 bits per heavy atom. The standard InChI is InChI=1S/C8H18N2O2/c1-3-4-6-12-7-5-10-8(11)9-2/h3-7H2,1-2H3,(H2,9,10,11). The molecule has 4 heteroatoms. The Balaban J connectivity index is 2.95. The van der Waals surface area contributed by atoms with Crippen LogP contribution in [0.1, 0.15) is 19.8 Å². The molecule has 0 bridgehead atoms. The van der Waals surface area contributed by atoms with E-state index in [1.807, 2.05) is 0 Å². The van der Waals surface area contributed by atoms with Gasteiger partial charge in [-0.1, -0.05) is 13.3 Å². The highest BCUT2D eigenvalue weighted by atomic mass is 16.5. The van der Waals surface area contributed by atoms with Gasteiger partial charge in [-0.25, -0.2) is 4.79 Å². The topological polar surface area (TPSA) is 50.4 Å². The number of carbonyl (C=O) groups is 1. The van der Waals surface area contributed by atoms with Gasteiger partial charge in [0.05, 0.1) is 6.61 Å². The van der Waals surface area contributed by atoms with Gasteiger partial charge in [-0.2, -0.15) is 0 Å².